The number of methoxy groups -OCH3 is 1. The molecule has 0 aromatic heterocycles. The summed E-state index contributed by atoms with van der Waals surface area (Å²) in [5, 5.41) is 22.6. The third-order valence-corrected chi connectivity index (χ3v) is 3.06. The minimum absolute atomic E-state index is 0.0241. The van der Waals surface area contributed by atoms with Gasteiger partial charge in [-0.3, -0.25) is 0 Å². The van der Waals surface area contributed by atoms with Crippen LogP contribution in [0.4, 0.5) is 0 Å². The topological polar surface area (TPSA) is 61.7 Å². The Hall–Kier alpha value is -1.26. The molecular formula is C15H25NO3. The Morgan fingerprint density at radius 3 is 2.58 bits per heavy atom. The molecule has 19 heavy (non-hydrogen) atoms. The highest BCUT2D eigenvalue weighted by atomic mass is 16.5. The number of phenols is 1. The second kappa shape index (κ2) is 6.78. The second-order valence-corrected chi connectivity index (χ2v) is 5.82. The van der Waals surface area contributed by atoms with Crippen molar-refractivity contribution < 1.29 is 14.9 Å². The summed E-state index contributed by atoms with van der Waals surface area (Å²) < 4.78 is 5.04. The maximum atomic E-state index is 9.84. The molecule has 0 heterocycles. The lowest BCUT2D eigenvalue weighted by Gasteiger charge is -2.26. The first-order chi connectivity index (χ1) is 8.84. The second-order valence-electron chi connectivity index (χ2n) is 5.82. The van der Waals surface area contributed by atoms with E-state index in [2.05, 4.69) is 19.2 Å². The molecule has 4 nitrogen and oxygen atoms in total. The Kier molecular flexibility index (Phi) is 5.63. The molecule has 0 bridgehead atoms. The fourth-order valence-electron chi connectivity index (χ4n) is 2.23. The van der Waals surface area contributed by atoms with Crippen molar-refractivity contribution in [2.24, 2.45) is 5.41 Å². The van der Waals surface area contributed by atoms with Gasteiger partial charge < -0.3 is 20.3 Å². The summed E-state index contributed by atoms with van der Waals surface area (Å²) >= 11 is 0. The highest BCUT2D eigenvalue weighted by Crippen LogP contribution is 2.24. The third-order valence-electron chi connectivity index (χ3n) is 3.06. The zero-order valence-electron chi connectivity index (χ0n) is 12.2. The number of aliphatic hydroxyl groups is 1. The van der Waals surface area contributed by atoms with Crippen LogP contribution in [0.15, 0.2) is 18.2 Å². The molecule has 0 spiro atoms. The summed E-state index contributed by atoms with van der Waals surface area (Å²) in [4.78, 5) is 0. The van der Waals surface area contributed by atoms with Crippen molar-refractivity contribution in [3.8, 4) is 11.5 Å². The van der Waals surface area contributed by atoms with E-state index >= 15 is 0 Å². The van der Waals surface area contributed by atoms with Gasteiger partial charge >= 0.3 is 0 Å². The average molecular weight is 267 g/mol. The van der Waals surface area contributed by atoms with Crippen LogP contribution < -0.4 is 10.1 Å². The first-order valence-electron chi connectivity index (χ1n) is 6.59. The summed E-state index contributed by atoms with van der Waals surface area (Å²) in [5.41, 5.74) is 0.865. The van der Waals surface area contributed by atoms with Gasteiger partial charge in [0.05, 0.1) is 13.2 Å². The standard InChI is InChI=1S/C15H25NO3/c1-11(17)8-15(2,3)10-16-9-12-5-6-13(19-4)7-14(12)18/h5-7,11,16-18H,8-10H2,1-4H3. The van der Waals surface area contributed by atoms with Crippen molar-refractivity contribution in [1.29, 1.82) is 0 Å². The number of hydrogen-bond acceptors (Lipinski definition) is 4. The van der Waals surface area contributed by atoms with E-state index in [1.165, 1.54) is 0 Å². The van der Waals surface area contributed by atoms with E-state index < -0.39 is 0 Å². The molecule has 0 aliphatic carbocycles. The van der Waals surface area contributed by atoms with Crippen molar-refractivity contribution in [3.63, 3.8) is 0 Å². The number of rotatable bonds is 7. The Morgan fingerprint density at radius 1 is 1.37 bits per heavy atom. The summed E-state index contributed by atoms with van der Waals surface area (Å²) in [7, 11) is 1.57. The average Bonchev–Trinajstić information content (AvgIpc) is 2.29. The van der Waals surface area contributed by atoms with Gasteiger partial charge in [0.2, 0.25) is 0 Å². The molecule has 1 aromatic rings. The minimum Gasteiger partial charge on any atom is -0.507 e. The van der Waals surface area contributed by atoms with Crippen molar-refractivity contribution in [1.82, 2.24) is 5.32 Å². The maximum absolute atomic E-state index is 9.84. The number of phenolic OH excluding ortho intramolecular Hbond substituents is 1. The molecule has 0 radical (unpaired) electrons. The Bertz CT molecular complexity index is 402. The van der Waals surface area contributed by atoms with Crippen LogP contribution >= 0.6 is 0 Å². The number of hydrogen-bond donors (Lipinski definition) is 3. The Balaban J connectivity index is 2.49. The molecule has 0 saturated heterocycles. The Labute approximate surface area is 115 Å². The van der Waals surface area contributed by atoms with Crippen molar-refractivity contribution >= 4 is 0 Å². The molecule has 0 fully saturated rings. The van der Waals surface area contributed by atoms with Crippen LogP contribution in [0.1, 0.15) is 32.8 Å². The number of aromatic hydroxyl groups is 1. The molecule has 1 aromatic carbocycles. The van der Waals surface area contributed by atoms with Crippen molar-refractivity contribution in [3.05, 3.63) is 23.8 Å². The van der Waals surface area contributed by atoms with Gasteiger partial charge in [0.1, 0.15) is 11.5 Å². The number of nitrogens with one attached hydrogen (secondary N) is 1. The van der Waals surface area contributed by atoms with E-state index in [4.69, 9.17) is 4.74 Å². The first-order valence-corrected chi connectivity index (χ1v) is 6.59. The van der Waals surface area contributed by atoms with Gasteiger partial charge in [-0.2, -0.15) is 0 Å². The van der Waals surface area contributed by atoms with Gasteiger partial charge in [-0.05, 0) is 24.8 Å². The van der Waals surface area contributed by atoms with Crippen molar-refractivity contribution in [2.75, 3.05) is 13.7 Å². The van der Waals surface area contributed by atoms with Gasteiger partial charge in [-0.1, -0.05) is 19.9 Å². The van der Waals surface area contributed by atoms with E-state index in [9.17, 15) is 10.2 Å². The number of aliphatic hydroxyl groups excluding tert-OH is 1. The van der Waals surface area contributed by atoms with Crippen LogP contribution in [0.2, 0.25) is 0 Å². The molecule has 3 N–H and O–H groups in total. The number of benzene rings is 1. The summed E-state index contributed by atoms with van der Waals surface area (Å²) in [6.07, 6.45) is 0.445. The molecule has 1 atom stereocenters. The lowest BCUT2D eigenvalue weighted by molar-refractivity contribution is 0.128. The molecule has 1 unspecified atom stereocenters. The normalized spacial score (nSPS) is 13.3. The molecular weight excluding hydrogens is 242 g/mol. The smallest absolute Gasteiger partial charge is 0.123 e. The highest BCUT2D eigenvalue weighted by molar-refractivity contribution is 5.39. The molecule has 0 saturated carbocycles. The van der Waals surface area contributed by atoms with E-state index in [1.807, 2.05) is 12.1 Å². The van der Waals surface area contributed by atoms with Crippen molar-refractivity contribution in [2.45, 2.75) is 39.8 Å². The quantitative estimate of drug-likeness (QED) is 0.709. The van der Waals surface area contributed by atoms with Crippen LogP contribution in [-0.2, 0) is 6.54 Å². The lowest BCUT2D eigenvalue weighted by atomic mass is 9.87. The van der Waals surface area contributed by atoms with Gasteiger partial charge in [0.15, 0.2) is 0 Å². The predicted molar refractivity (Wildman–Crippen MR) is 76.4 cm³/mol. The molecule has 4 heteroatoms. The van der Waals surface area contributed by atoms with Crippen LogP contribution in [-0.4, -0.2) is 30.0 Å². The summed E-state index contributed by atoms with van der Waals surface area (Å²) in [6.45, 7) is 7.40. The monoisotopic (exact) mass is 267 g/mol. The third kappa shape index (κ3) is 5.49. The van der Waals surface area contributed by atoms with Crippen LogP contribution in [0.5, 0.6) is 11.5 Å². The molecule has 0 aliphatic heterocycles. The van der Waals surface area contributed by atoms with E-state index in [0.29, 0.717) is 12.3 Å². The van der Waals surface area contributed by atoms with E-state index in [0.717, 1.165) is 18.5 Å². The lowest BCUT2D eigenvalue weighted by Crippen LogP contribution is -2.31. The van der Waals surface area contributed by atoms with Gasteiger partial charge in [0.25, 0.3) is 0 Å². The fraction of sp³-hybridized carbons (Fsp3) is 0.600. The zero-order chi connectivity index (χ0) is 14.5. The van der Waals surface area contributed by atoms with E-state index in [-0.39, 0.29) is 17.3 Å². The maximum Gasteiger partial charge on any atom is 0.123 e. The highest BCUT2D eigenvalue weighted by Gasteiger charge is 2.19. The van der Waals surface area contributed by atoms with Gasteiger partial charge in [0, 0.05) is 24.7 Å². The number of ether oxygens (including phenoxy) is 1. The minimum atomic E-state index is -0.300. The van der Waals surface area contributed by atoms with Crippen LogP contribution in [0, 0.1) is 5.41 Å². The zero-order valence-corrected chi connectivity index (χ0v) is 12.2. The predicted octanol–water partition coefficient (Wildman–Crippen LogP) is 2.29. The SMILES string of the molecule is COc1ccc(CNCC(C)(C)CC(C)O)c(O)c1. The summed E-state index contributed by atoms with van der Waals surface area (Å²) in [6, 6.07) is 5.29. The van der Waals surface area contributed by atoms with Crippen LogP contribution in [0.25, 0.3) is 0 Å². The van der Waals surface area contributed by atoms with E-state index in [1.54, 1.807) is 20.1 Å². The molecule has 1 rings (SSSR count). The van der Waals surface area contributed by atoms with Gasteiger partial charge in [-0.15, -0.1) is 0 Å². The fourth-order valence-corrected chi connectivity index (χ4v) is 2.23. The largest absolute Gasteiger partial charge is 0.507 e. The molecule has 108 valence electrons. The van der Waals surface area contributed by atoms with Crippen LogP contribution in [0.3, 0.4) is 0 Å². The molecule has 0 aliphatic rings. The Morgan fingerprint density at radius 2 is 2.05 bits per heavy atom. The summed E-state index contributed by atoms with van der Waals surface area (Å²) in [5.74, 6) is 0.885. The van der Waals surface area contributed by atoms with Gasteiger partial charge in [-0.25, -0.2) is 0 Å². The first kappa shape index (κ1) is 15.8. The molecule has 0 amide bonds.